The Morgan fingerprint density at radius 2 is 1.68 bits per heavy atom. The van der Waals surface area contributed by atoms with Crippen LogP contribution in [0.4, 0.5) is 10.1 Å². The summed E-state index contributed by atoms with van der Waals surface area (Å²) in [5.41, 5.74) is 2.23. The largest absolute Gasteiger partial charge is 0.497 e. The monoisotopic (exact) mass is 438 g/mol. The number of ether oxygens (including phenoxy) is 1. The summed E-state index contributed by atoms with van der Waals surface area (Å²) in [6, 6.07) is 17.1. The molecule has 0 radical (unpaired) electrons. The van der Waals surface area contributed by atoms with Crippen molar-refractivity contribution in [1.82, 2.24) is 5.32 Å². The Morgan fingerprint density at radius 3 is 2.29 bits per heavy atom. The molecule has 158 valence electrons. The zero-order valence-electron chi connectivity index (χ0n) is 16.9. The third kappa shape index (κ3) is 5.93. The maximum absolute atomic E-state index is 13.2. The van der Waals surface area contributed by atoms with Gasteiger partial charge < -0.3 is 15.4 Å². The number of amides is 2. The number of anilines is 1. The first-order valence-electron chi connectivity index (χ1n) is 9.36. The maximum atomic E-state index is 13.2. The van der Waals surface area contributed by atoms with E-state index >= 15 is 0 Å². The van der Waals surface area contributed by atoms with Gasteiger partial charge in [0.15, 0.2) is 0 Å². The van der Waals surface area contributed by atoms with E-state index in [9.17, 15) is 14.0 Å². The number of aryl methyl sites for hydroxylation is 1. The smallest absolute Gasteiger partial charge is 0.272 e. The minimum absolute atomic E-state index is 0.0101. The molecule has 7 heteroatoms. The Bertz CT molecular complexity index is 1130. The number of hydrogen-bond acceptors (Lipinski definition) is 3. The van der Waals surface area contributed by atoms with Crippen LogP contribution in [0.2, 0.25) is 5.02 Å². The lowest BCUT2D eigenvalue weighted by molar-refractivity contribution is -0.113. The molecule has 0 atom stereocenters. The number of benzene rings is 3. The average Bonchev–Trinajstić information content (AvgIpc) is 2.77. The van der Waals surface area contributed by atoms with E-state index in [1.165, 1.54) is 37.5 Å². The molecule has 0 aromatic heterocycles. The van der Waals surface area contributed by atoms with Crippen molar-refractivity contribution in [2.45, 2.75) is 6.92 Å². The highest BCUT2D eigenvalue weighted by Crippen LogP contribution is 2.21. The van der Waals surface area contributed by atoms with Gasteiger partial charge in [0.25, 0.3) is 11.8 Å². The van der Waals surface area contributed by atoms with Crippen LogP contribution in [-0.2, 0) is 4.79 Å². The van der Waals surface area contributed by atoms with Crippen molar-refractivity contribution < 1.29 is 18.7 Å². The van der Waals surface area contributed by atoms with Gasteiger partial charge in [0.2, 0.25) is 0 Å². The van der Waals surface area contributed by atoms with Crippen LogP contribution < -0.4 is 15.4 Å². The molecule has 0 aliphatic rings. The lowest BCUT2D eigenvalue weighted by atomic mass is 10.1. The van der Waals surface area contributed by atoms with Crippen molar-refractivity contribution in [2.75, 3.05) is 12.4 Å². The number of nitrogens with one attached hydrogen (secondary N) is 2. The van der Waals surface area contributed by atoms with Crippen molar-refractivity contribution >= 4 is 35.2 Å². The molecule has 0 aliphatic heterocycles. The van der Waals surface area contributed by atoms with Crippen molar-refractivity contribution in [1.29, 1.82) is 0 Å². The second-order valence-corrected chi connectivity index (χ2v) is 7.12. The van der Waals surface area contributed by atoms with E-state index in [4.69, 9.17) is 16.3 Å². The minimum Gasteiger partial charge on any atom is -0.497 e. The lowest BCUT2D eigenvalue weighted by Gasteiger charge is -2.12. The van der Waals surface area contributed by atoms with Crippen LogP contribution >= 0.6 is 11.6 Å². The number of halogens is 2. The lowest BCUT2D eigenvalue weighted by Crippen LogP contribution is -2.30. The third-order valence-electron chi connectivity index (χ3n) is 4.46. The van der Waals surface area contributed by atoms with Crippen LogP contribution in [0.15, 0.2) is 72.4 Å². The Labute approximate surface area is 184 Å². The molecular formula is C24H20ClFN2O3. The number of carbonyl (C=O) groups is 2. The summed E-state index contributed by atoms with van der Waals surface area (Å²) in [5, 5.41) is 5.84. The van der Waals surface area contributed by atoms with Crippen molar-refractivity contribution in [3.63, 3.8) is 0 Å². The van der Waals surface area contributed by atoms with E-state index in [-0.39, 0.29) is 5.70 Å². The number of carbonyl (C=O) groups excluding carboxylic acids is 2. The molecule has 0 spiro atoms. The molecule has 31 heavy (non-hydrogen) atoms. The Kier molecular flexibility index (Phi) is 7.05. The minimum atomic E-state index is -0.550. The van der Waals surface area contributed by atoms with Crippen LogP contribution in [0.5, 0.6) is 5.75 Å². The van der Waals surface area contributed by atoms with Gasteiger partial charge in [-0.15, -0.1) is 0 Å². The molecule has 3 rings (SSSR count). The third-order valence-corrected chi connectivity index (χ3v) is 4.86. The molecule has 2 N–H and O–H groups in total. The summed E-state index contributed by atoms with van der Waals surface area (Å²) < 4.78 is 18.3. The number of hydrogen-bond donors (Lipinski definition) is 2. The van der Waals surface area contributed by atoms with Crippen LogP contribution in [0.25, 0.3) is 6.08 Å². The van der Waals surface area contributed by atoms with E-state index in [0.29, 0.717) is 27.6 Å². The second kappa shape index (κ2) is 9.91. The van der Waals surface area contributed by atoms with E-state index in [1.54, 1.807) is 42.5 Å². The van der Waals surface area contributed by atoms with Crippen LogP contribution in [0, 0.1) is 12.7 Å². The van der Waals surface area contributed by atoms with Gasteiger partial charge in [-0.05, 0) is 72.7 Å². The maximum Gasteiger partial charge on any atom is 0.272 e. The molecule has 3 aromatic rings. The topological polar surface area (TPSA) is 67.4 Å². The summed E-state index contributed by atoms with van der Waals surface area (Å²) in [5.74, 6) is -0.827. The van der Waals surface area contributed by atoms with E-state index in [2.05, 4.69) is 10.6 Å². The fraction of sp³-hybridized carbons (Fsp3) is 0.0833. The SMILES string of the molecule is COc1ccc(C(=O)NC(=Cc2ccc(F)cc2)C(=O)Nc2ccc(C)c(Cl)c2)cc1. The number of rotatable bonds is 6. The quantitative estimate of drug-likeness (QED) is 0.519. The molecule has 2 amide bonds. The van der Waals surface area contributed by atoms with Gasteiger partial charge in [0.05, 0.1) is 7.11 Å². The summed E-state index contributed by atoms with van der Waals surface area (Å²) in [6.45, 7) is 1.85. The highest BCUT2D eigenvalue weighted by molar-refractivity contribution is 6.31. The van der Waals surface area contributed by atoms with Gasteiger partial charge >= 0.3 is 0 Å². The molecule has 3 aromatic carbocycles. The molecule has 0 saturated carbocycles. The average molecular weight is 439 g/mol. The van der Waals surface area contributed by atoms with Crippen LogP contribution in [-0.4, -0.2) is 18.9 Å². The standard InChI is InChI=1S/C24H20ClFN2O3/c1-15-3-10-19(14-21(15)25)27-24(30)22(13-16-4-8-18(26)9-5-16)28-23(29)17-6-11-20(31-2)12-7-17/h3-14H,1-2H3,(H,27,30)(H,28,29). The fourth-order valence-electron chi connectivity index (χ4n) is 2.69. The Morgan fingerprint density at radius 1 is 1.00 bits per heavy atom. The predicted molar refractivity (Wildman–Crippen MR) is 120 cm³/mol. The normalized spacial score (nSPS) is 11.0. The van der Waals surface area contributed by atoms with Crippen LogP contribution in [0.3, 0.4) is 0 Å². The van der Waals surface area contributed by atoms with Crippen molar-refractivity contribution in [2.24, 2.45) is 0 Å². The first-order valence-corrected chi connectivity index (χ1v) is 9.73. The Balaban J connectivity index is 1.87. The number of methoxy groups -OCH3 is 1. The molecule has 0 bridgehead atoms. The van der Waals surface area contributed by atoms with Gasteiger partial charge in [0.1, 0.15) is 17.3 Å². The van der Waals surface area contributed by atoms with Crippen molar-refractivity contribution in [3.8, 4) is 5.75 Å². The van der Waals surface area contributed by atoms with Crippen molar-refractivity contribution in [3.05, 3.63) is 100.0 Å². The van der Waals surface area contributed by atoms with E-state index in [1.807, 2.05) is 6.92 Å². The van der Waals surface area contributed by atoms with Gasteiger partial charge in [-0.1, -0.05) is 29.8 Å². The van der Waals surface area contributed by atoms with Gasteiger partial charge in [-0.3, -0.25) is 9.59 Å². The zero-order chi connectivity index (χ0) is 22.4. The molecule has 5 nitrogen and oxygen atoms in total. The fourth-order valence-corrected chi connectivity index (χ4v) is 2.87. The van der Waals surface area contributed by atoms with E-state index < -0.39 is 17.6 Å². The van der Waals surface area contributed by atoms with Gasteiger partial charge in [-0.25, -0.2) is 4.39 Å². The molecular weight excluding hydrogens is 419 g/mol. The highest BCUT2D eigenvalue weighted by atomic mass is 35.5. The highest BCUT2D eigenvalue weighted by Gasteiger charge is 2.16. The molecule has 0 saturated heterocycles. The summed E-state index contributed by atoms with van der Waals surface area (Å²) in [4.78, 5) is 25.6. The predicted octanol–water partition coefficient (Wildman–Crippen LogP) is 5.21. The summed E-state index contributed by atoms with van der Waals surface area (Å²) in [7, 11) is 1.53. The van der Waals surface area contributed by atoms with E-state index in [0.717, 1.165) is 5.56 Å². The van der Waals surface area contributed by atoms with Crippen LogP contribution in [0.1, 0.15) is 21.5 Å². The van der Waals surface area contributed by atoms with Gasteiger partial charge in [-0.2, -0.15) is 0 Å². The molecule has 0 unspecified atom stereocenters. The zero-order valence-corrected chi connectivity index (χ0v) is 17.7. The Hall–Kier alpha value is -3.64. The molecule has 0 fully saturated rings. The van der Waals surface area contributed by atoms with Gasteiger partial charge in [0, 0.05) is 16.3 Å². The molecule has 0 heterocycles. The summed E-state index contributed by atoms with van der Waals surface area (Å²) in [6.07, 6.45) is 1.46. The summed E-state index contributed by atoms with van der Waals surface area (Å²) >= 11 is 6.13. The second-order valence-electron chi connectivity index (χ2n) is 6.71. The molecule has 0 aliphatic carbocycles. The first kappa shape index (κ1) is 22.1. The first-order chi connectivity index (χ1) is 14.9.